The molecule has 3 aliphatic heterocycles. The van der Waals surface area contributed by atoms with Crippen LogP contribution in [-0.2, 0) is 48.9 Å². The molecule has 19 heteroatoms. The average molecular weight is 1000 g/mol. The highest BCUT2D eigenvalue weighted by atomic mass is 35.5. The van der Waals surface area contributed by atoms with Crippen LogP contribution < -0.4 is 4.90 Å². The summed E-state index contributed by atoms with van der Waals surface area (Å²) in [4.78, 5) is 54.0. The van der Waals surface area contributed by atoms with E-state index in [4.69, 9.17) is 32.7 Å². The van der Waals surface area contributed by atoms with Gasteiger partial charge in [-0.15, -0.1) is 0 Å². The molecule has 8 rings (SSSR count). The van der Waals surface area contributed by atoms with Crippen LogP contribution in [0.2, 0.25) is 10.0 Å². The van der Waals surface area contributed by atoms with Gasteiger partial charge < -0.3 is 34.0 Å². The summed E-state index contributed by atoms with van der Waals surface area (Å²) in [5, 5.41) is 0.474. The van der Waals surface area contributed by atoms with Crippen LogP contribution in [0.1, 0.15) is 70.3 Å². The summed E-state index contributed by atoms with van der Waals surface area (Å²) in [6.45, 7) is 4.39. The number of rotatable bonds is 13. The molecule has 1 spiro atoms. The summed E-state index contributed by atoms with van der Waals surface area (Å²) >= 11 is 12.8. The third-order valence-electron chi connectivity index (χ3n) is 14.2. The number of likely N-dealkylation sites (N-methyl/N-ethyl adjacent to an activating group) is 1. The Kier molecular flexibility index (Phi) is 15.2. The van der Waals surface area contributed by atoms with E-state index in [1.807, 2.05) is 35.2 Å². The molecule has 4 heterocycles. The minimum atomic E-state index is -5.12. The zero-order valence-corrected chi connectivity index (χ0v) is 39.6. The third-order valence-corrected chi connectivity index (χ3v) is 15.0. The number of hydrogen-bond donors (Lipinski definition) is 0. The van der Waals surface area contributed by atoms with Crippen molar-refractivity contribution in [1.82, 2.24) is 24.6 Å². The number of ether oxygens (including phenoxy) is 2. The topological polar surface area (TPSA) is 98.8 Å². The molecule has 0 saturated carbocycles. The number of benzene rings is 3. The lowest BCUT2D eigenvalue weighted by molar-refractivity contribution is -0.143. The molecule has 370 valence electrons. The molecule has 4 aromatic rings. The van der Waals surface area contributed by atoms with Crippen LogP contribution >= 0.6 is 23.2 Å². The van der Waals surface area contributed by atoms with E-state index in [1.54, 1.807) is 36.3 Å². The zero-order chi connectivity index (χ0) is 49.1. The van der Waals surface area contributed by atoms with E-state index >= 15 is 0 Å². The number of pyridine rings is 1. The van der Waals surface area contributed by atoms with Crippen LogP contribution in [-0.4, -0.2) is 134 Å². The molecule has 3 fully saturated rings. The van der Waals surface area contributed by atoms with Gasteiger partial charge in [-0.25, -0.2) is 4.98 Å². The number of piperazine rings is 1. The summed E-state index contributed by atoms with van der Waals surface area (Å²) in [7, 11) is 1.73. The van der Waals surface area contributed by atoms with Gasteiger partial charge in [-0.05, 0) is 104 Å². The Morgan fingerprint density at radius 1 is 0.826 bits per heavy atom. The summed E-state index contributed by atoms with van der Waals surface area (Å²) in [5.74, 6) is -0.197. The second-order valence-corrected chi connectivity index (χ2v) is 19.2. The van der Waals surface area contributed by atoms with Crippen LogP contribution in [0.5, 0.6) is 0 Å². The van der Waals surface area contributed by atoms with Gasteiger partial charge in [0.15, 0.2) is 0 Å². The fourth-order valence-electron chi connectivity index (χ4n) is 10.3. The van der Waals surface area contributed by atoms with Gasteiger partial charge in [-0.3, -0.25) is 14.4 Å². The van der Waals surface area contributed by atoms with Crippen LogP contribution in [0.3, 0.4) is 0 Å². The molecule has 1 aromatic heterocycles. The molecule has 0 unspecified atom stereocenters. The molecule has 1 aliphatic carbocycles. The quantitative estimate of drug-likeness (QED) is 0.123. The minimum Gasteiger partial charge on any atom is -0.367 e. The van der Waals surface area contributed by atoms with Gasteiger partial charge in [0.05, 0.1) is 40.4 Å². The fraction of sp³-hybridized carbons (Fsp3) is 0.480. The smallest absolute Gasteiger partial charge is 0.367 e. The molecule has 69 heavy (non-hydrogen) atoms. The molecular weight excluding hydrogens is 949 g/mol. The largest absolute Gasteiger partial charge is 0.416 e. The van der Waals surface area contributed by atoms with Crippen molar-refractivity contribution in [3.8, 4) is 0 Å². The Morgan fingerprint density at radius 3 is 2.19 bits per heavy atom. The lowest BCUT2D eigenvalue weighted by atomic mass is 9.72. The van der Waals surface area contributed by atoms with E-state index < -0.39 is 40.6 Å². The maximum absolute atomic E-state index is 13.9. The van der Waals surface area contributed by atoms with Crippen molar-refractivity contribution in [3.63, 3.8) is 0 Å². The molecule has 0 bridgehead atoms. The number of aromatic nitrogens is 1. The number of alkyl halides is 6. The lowest BCUT2D eigenvalue weighted by Crippen LogP contribution is -2.54. The van der Waals surface area contributed by atoms with Crippen molar-refractivity contribution in [2.75, 3.05) is 90.6 Å². The normalized spacial score (nSPS) is 20.8. The summed E-state index contributed by atoms with van der Waals surface area (Å²) in [6, 6.07) is 19.8. The SMILES string of the molecule is CN(CCCC(=O)N1CCN(c2ccccn2)CC1)C(=O)CO[C@H]1Cc2ccccc2C12CCN(CC[C@@]1(c3ccc(Cl)c(Cl)c3)CN(C(=O)c3cc(C(F)(F)F)cc(C(F)(F)F)c3)CCO1)CC2. The number of morpholine rings is 1. The molecular formula is C50H54Cl2F6N6O5. The third kappa shape index (κ3) is 11.3. The second kappa shape index (κ2) is 20.8. The predicted molar refractivity (Wildman–Crippen MR) is 248 cm³/mol. The summed E-state index contributed by atoms with van der Waals surface area (Å²) < 4.78 is 95.8. The lowest BCUT2D eigenvalue weighted by Gasteiger charge is -2.46. The summed E-state index contributed by atoms with van der Waals surface area (Å²) in [6.07, 6.45) is -5.54. The highest BCUT2D eigenvalue weighted by molar-refractivity contribution is 6.42. The first-order valence-electron chi connectivity index (χ1n) is 23.1. The van der Waals surface area contributed by atoms with E-state index in [-0.39, 0.29) is 65.7 Å². The number of carbonyl (C=O) groups is 3. The van der Waals surface area contributed by atoms with Crippen LogP contribution in [0.25, 0.3) is 0 Å². The number of carbonyl (C=O) groups excluding carboxylic acids is 3. The van der Waals surface area contributed by atoms with Gasteiger partial charge in [-0.1, -0.05) is 59.6 Å². The Balaban J connectivity index is 0.889. The fourth-order valence-corrected chi connectivity index (χ4v) is 10.6. The Bertz CT molecular complexity index is 2450. The summed E-state index contributed by atoms with van der Waals surface area (Å²) in [5.41, 5.74) is -2.59. The number of piperidine rings is 1. The van der Waals surface area contributed by atoms with Gasteiger partial charge in [-0.2, -0.15) is 26.3 Å². The van der Waals surface area contributed by atoms with Crippen molar-refractivity contribution >= 4 is 46.7 Å². The highest BCUT2D eigenvalue weighted by Gasteiger charge is 2.50. The number of halogens is 8. The second-order valence-electron chi connectivity index (χ2n) is 18.4. The molecule has 3 aromatic carbocycles. The zero-order valence-electron chi connectivity index (χ0n) is 38.1. The van der Waals surface area contributed by atoms with E-state index in [1.165, 1.54) is 10.5 Å². The maximum atomic E-state index is 13.9. The highest BCUT2D eigenvalue weighted by Crippen LogP contribution is 2.48. The average Bonchev–Trinajstić information content (AvgIpc) is 3.64. The number of fused-ring (bicyclic) bond motifs is 2. The predicted octanol–water partition coefficient (Wildman–Crippen LogP) is 8.75. The van der Waals surface area contributed by atoms with E-state index in [0.717, 1.165) is 11.4 Å². The molecule has 3 amide bonds. The van der Waals surface area contributed by atoms with Gasteiger partial charge in [0.25, 0.3) is 5.91 Å². The molecule has 0 N–H and O–H groups in total. The van der Waals surface area contributed by atoms with Gasteiger partial charge >= 0.3 is 12.4 Å². The molecule has 0 radical (unpaired) electrons. The van der Waals surface area contributed by atoms with E-state index in [0.29, 0.717) is 109 Å². The number of likely N-dealkylation sites (tertiary alicyclic amines) is 1. The Morgan fingerprint density at radius 2 is 1.52 bits per heavy atom. The van der Waals surface area contributed by atoms with Crippen molar-refractivity contribution in [1.29, 1.82) is 0 Å². The molecule has 3 saturated heterocycles. The van der Waals surface area contributed by atoms with Gasteiger partial charge in [0.2, 0.25) is 11.8 Å². The first-order valence-corrected chi connectivity index (χ1v) is 23.9. The first kappa shape index (κ1) is 50.4. The first-order chi connectivity index (χ1) is 32.8. The monoisotopic (exact) mass is 1000 g/mol. The number of anilines is 1. The van der Waals surface area contributed by atoms with Gasteiger partial charge in [0, 0.05) is 76.5 Å². The number of nitrogens with zero attached hydrogens (tertiary/aromatic N) is 6. The van der Waals surface area contributed by atoms with Gasteiger partial charge in [0.1, 0.15) is 18.0 Å². The molecule has 4 aliphatic rings. The number of amides is 3. The van der Waals surface area contributed by atoms with Crippen molar-refractivity contribution in [2.45, 2.75) is 68.0 Å². The van der Waals surface area contributed by atoms with Crippen LogP contribution in [0, 0.1) is 0 Å². The number of hydrogen-bond acceptors (Lipinski definition) is 8. The van der Waals surface area contributed by atoms with Crippen molar-refractivity contribution in [2.24, 2.45) is 0 Å². The Labute approximate surface area is 407 Å². The maximum Gasteiger partial charge on any atom is 0.416 e. The molecule has 11 nitrogen and oxygen atoms in total. The van der Waals surface area contributed by atoms with Crippen LogP contribution in [0.4, 0.5) is 32.2 Å². The van der Waals surface area contributed by atoms with Crippen molar-refractivity contribution < 1.29 is 50.2 Å². The van der Waals surface area contributed by atoms with E-state index in [2.05, 4.69) is 26.9 Å². The van der Waals surface area contributed by atoms with E-state index in [9.17, 15) is 40.7 Å². The minimum absolute atomic E-state index is 0.00164. The Hall–Kier alpha value is -4.94. The van der Waals surface area contributed by atoms with Crippen molar-refractivity contribution in [3.05, 3.63) is 128 Å². The molecule has 2 atom stereocenters. The standard InChI is InChI=1S/C50H54Cl2F6N6O5/c1-60(17-6-10-44(65)63-23-21-62(22-24-63)43-9-4-5-16-59-43)45(66)32-68-42-29-34-7-2-3-8-39(34)47(42)13-18-61(19-14-47)20-15-48(36-11-12-40(51)41(52)31-36)33-64(25-26-69-48)46(67)35-27-37(49(53,54)55)30-38(28-35)50(56,57)58/h2-5,7-9,11-12,16,27-28,30-31,42H,6,10,13-15,17-26,29,32-33H2,1H3/t42-,48-/m0/s1. The van der Waals surface area contributed by atoms with Crippen LogP contribution in [0.15, 0.2) is 85.1 Å².